The van der Waals surface area contributed by atoms with Gasteiger partial charge in [0.2, 0.25) is 0 Å². The summed E-state index contributed by atoms with van der Waals surface area (Å²) in [6, 6.07) is 1.20. The molecule has 0 aliphatic heterocycles. The summed E-state index contributed by atoms with van der Waals surface area (Å²) in [5.74, 6) is -0.953. The van der Waals surface area contributed by atoms with Crippen LogP contribution in [0.2, 0.25) is 0 Å². The molecule has 0 fully saturated rings. The summed E-state index contributed by atoms with van der Waals surface area (Å²) in [6.07, 6.45) is 5.28. The average molecular weight is 328 g/mol. The van der Waals surface area contributed by atoms with Crippen molar-refractivity contribution in [3.05, 3.63) is 36.4 Å². The summed E-state index contributed by atoms with van der Waals surface area (Å²) in [5.41, 5.74) is 0.474. The molecule has 0 aliphatic carbocycles. The zero-order valence-electron chi connectivity index (χ0n) is 11.7. The molecule has 2 aromatic rings. The monoisotopic (exact) mass is 328 g/mol. The van der Waals surface area contributed by atoms with Gasteiger partial charge in [0, 0.05) is 18.4 Å². The van der Waals surface area contributed by atoms with Gasteiger partial charge in [0.1, 0.15) is 0 Å². The number of pyridine rings is 1. The highest BCUT2D eigenvalue weighted by Gasteiger charge is 2.14. The second-order valence-corrected chi connectivity index (χ2v) is 5.60. The van der Waals surface area contributed by atoms with Crippen LogP contribution in [0.15, 0.2) is 30.9 Å². The first-order valence-electron chi connectivity index (χ1n) is 6.19. The van der Waals surface area contributed by atoms with E-state index < -0.39 is 22.2 Å². The highest BCUT2D eigenvalue weighted by molar-refractivity contribution is 7.81. The minimum absolute atomic E-state index is 0.0125. The number of nitrogens with one attached hydrogen (secondary N) is 1. The second-order valence-electron chi connectivity index (χ2n) is 4.64. The molecule has 22 heavy (non-hydrogen) atoms. The van der Waals surface area contributed by atoms with Crippen LogP contribution in [-0.4, -0.2) is 29.1 Å². The van der Waals surface area contributed by atoms with Gasteiger partial charge in [-0.15, -0.1) is 0 Å². The number of carbonyl (C=O) groups is 1. The lowest BCUT2D eigenvalue weighted by Crippen LogP contribution is -2.12. The van der Waals surface area contributed by atoms with E-state index in [0.29, 0.717) is 5.69 Å². The fourth-order valence-electron chi connectivity index (χ4n) is 1.59. The quantitative estimate of drug-likeness (QED) is 0.838. The molecule has 118 valence electrons. The van der Waals surface area contributed by atoms with Crippen molar-refractivity contribution < 1.29 is 21.3 Å². The van der Waals surface area contributed by atoms with Crippen LogP contribution in [-0.2, 0) is 10.5 Å². The first kappa shape index (κ1) is 15.9. The Morgan fingerprint density at radius 1 is 1.36 bits per heavy atom. The molecule has 0 aliphatic rings. The van der Waals surface area contributed by atoms with E-state index in [4.69, 9.17) is 0 Å². The molecular formula is C12H13FN4O4S. The number of aromatic nitrogens is 3. The molecule has 0 spiro atoms. The highest BCUT2D eigenvalue weighted by atomic mass is 32.3. The van der Waals surface area contributed by atoms with E-state index in [1.807, 2.05) is 13.8 Å². The number of halogens is 1. The predicted molar refractivity (Wildman–Crippen MR) is 75.5 cm³/mol. The molecular weight excluding hydrogens is 315 g/mol. The molecule has 0 aromatic carbocycles. The lowest BCUT2D eigenvalue weighted by atomic mass is 10.2. The van der Waals surface area contributed by atoms with Crippen LogP contribution in [0.4, 0.5) is 9.57 Å². The van der Waals surface area contributed by atoms with Crippen LogP contribution in [0.3, 0.4) is 0 Å². The first-order chi connectivity index (χ1) is 10.2. The molecule has 0 bridgehead atoms. The Bertz CT molecular complexity index is 788. The fourth-order valence-corrected chi connectivity index (χ4v) is 1.91. The van der Waals surface area contributed by atoms with Crippen molar-refractivity contribution in [2.24, 2.45) is 0 Å². The zero-order chi connectivity index (χ0) is 16.3. The largest absolute Gasteiger partial charge is 0.488 e. The lowest BCUT2D eigenvalue weighted by Gasteiger charge is -2.05. The lowest BCUT2D eigenvalue weighted by molar-refractivity contribution is 0.102. The molecule has 8 nitrogen and oxygen atoms in total. The van der Waals surface area contributed by atoms with Crippen LogP contribution in [0.1, 0.15) is 30.2 Å². The molecule has 0 atom stereocenters. The number of hydrogen-bond donors (Lipinski definition) is 1. The van der Waals surface area contributed by atoms with Crippen molar-refractivity contribution in [1.29, 1.82) is 0 Å². The van der Waals surface area contributed by atoms with Crippen LogP contribution in [0.5, 0.6) is 5.75 Å². The summed E-state index contributed by atoms with van der Waals surface area (Å²) in [6.45, 7) is 3.86. The Morgan fingerprint density at radius 2 is 2.09 bits per heavy atom. The Labute approximate surface area is 126 Å². The van der Waals surface area contributed by atoms with Gasteiger partial charge in [0.25, 0.3) is 5.91 Å². The van der Waals surface area contributed by atoms with Gasteiger partial charge in [-0.1, -0.05) is 3.89 Å². The molecule has 0 unspecified atom stereocenters. The molecule has 2 heterocycles. The van der Waals surface area contributed by atoms with Gasteiger partial charge in [-0.2, -0.15) is 13.5 Å². The van der Waals surface area contributed by atoms with Gasteiger partial charge < -0.3 is 9.50 Å². The van der Waals surface area contributed by atoms with Crippen molar-refractivity contribution in [2.45, 2.75) is 19.9 Å². The Balaban J connectivity index is 2.13. The van der Waals surface area contributed by atoms with E-state index in [-0.39, 0.29) is 11.6 Å². The molecule has 1 N–H and O–H groups in total. The highest BCUT2D eigenvalue weighted by Crippen LogP contribution is 2.16. The topological polar surface area (TPSA) is 103 Å². The first-order valence-corrected chi connectivity index (χ1v) is 7.50. The molecule has 0 radical (unpaired) electrons. The fraction of sp³-hybridized carbons (Fsp3) is 0.250. The van der Waals surface area contributed by atoms with Crippen LogP contribution in [0, 0.1) is 0 Å². The molecule has 1 amide bonds. The summed E-state index contributed by atoms with van der Waals surface area (Å²) >= 11 is 0. The SMILES string of the molecule is CC(C)n1cc(NC(=O)c2cncc(OS(=O)(=O)F)c2)cn1. The van der Waals surface area contributed by atoms with Crippen molar-refractivity contribution in [1.82, 2.24) is 14.8 Å². The number of nitrogens with zero attached hydrogens (tertiary/aromatic N) is 3. The Kier molecular flexibility index (Phi) is 4.40. The number of hydrogen-bond acceptors (Lipinski definition) is 6. The Morgan fingerprint density at radius 3 is 2.68 bits per heavy atom. The van der Waals surface area contributed by atoms with Gasteiger partial charge in [0.15, 0.2) is 5.75 Å². The van der Waals surface area contributed by atoms with Crippen LogP contribution < -0.4 is 9.50 Å². The predicted octanol–water partition coefficient (Wildman–Crippen LogP) is 1.70. The maximum atomic E-state index is 12.4. The second kappa shape index (κ2) is 6.10. The average Bonchev–Trinajstić information content (AvgIpc) is 2.85. The molecule has 10 heteroatoms. The van der Waals surface area contributed by atoms with Gasteiger partial charge in [0.05, 0.1) is 23.6 Å². The van der Waals surface area contributed by atoms with Gasteiger partial charge in [-0.25, -0.2) is 0 Å². The number of amides is 1. The standard InChI is InChI=1S/C12H13FN4O4S/c1-8(2)17-7-10(5-15-17)16-12(18)9-3-11(6-14-4-9)21-22(13,19)20/h3-8H,1-2H3,(H,16,18). The van der Waals surface area contributed by atoms with E-state index in [1.165, 1.54) is 12.4 Å². The normalized spacial score (nSPS) is 11.5. The van der Waals surface area contributed by atoms with Gasteiger partial charge in [-0.3, -0.25) is 14.5 Å². The third-order valence-electron chi connectivity index (χ3n) is 2.56. The van der Waals surface area contributed by atoms with Crippen molar-refractivity contribution in [3.63, 3.8) is 0 Å². The zero-order valence-corrected chi connectivity index (χ0v) is 12.5. The van der Waals surface area contributed by atoms with Crippen molar-refractivity contribution in [3.8, 4) is 5.75 Å². The van der Waals surface area contributed by atoms with Crippen LogP contribution in [0.25, 0.3) is 0 Å². The van der Waals surface area contributed by atoms with Crippen molar-refractivity contribution >= 4 is 22.1 Å². The summed E-state index contributed by atoms with van der Waals surface area (Å²) in [5, 5.41) is 6.62. The van der Waals surface area contributed by atoms with Crippen LogP contribution >= 0.6 is 0 Å². The van der Waals surface area contributed by atoms with Crippen molar-refractivity contribution in [2.75, 3.05) is 5.32 Å². The van der Waals surface area contributed by atoms with E-state index in [0.717, 1.165) is 12.3 Å². The number of rotatable bonds is 5. The summed E-state index contributed by atoms with van der Waals surface area (Å²) in [4.78, 5) is 15.7. The van der Waals surface area contributed by atoms with E-state index in [2.05, 4.69) is 19.6 Å². The Hall–Kier alpha value is -2.49. The minimum Gasteiger partial charge on any atom is -0.357 e. The van der Waals surface area contributed by atoms with E-state index >= 15 is 0 Å². The van der Waals surface area contributed by atoms with Gasteiger partial charge in [-0.05, 0) is 19.9 Å². The number of anilines is 1. The third kappa shape index (κ3) is 4.25. The smallest absolute Gasteiger partial charge is 0.357 e. The molecule has 2 rings (SSSR count). The summed E-state index contributed by atoms with van der Waals surface area (Å²) in [7, 11) is -5.17. The van der Waals surface area contributed by atoms with E-state index in [1.54, 1.807) is 10.9 Å². The molecule has 0 saturated heterocycles. The molecule has 2 aromatic heterocycles. The third-order valence-corrected chi connectivity index (χ3v) is 2.95. The maximum absolute atomic E-state index is 12.4. The summed E-state index contributed by atoms with van der Waals surface area (Å²) < 4.78 is 38.9. The maximum Gasteiger partial charge on any atom is 0.488 e. The minimum atomic E-state index is -5.17. The van der Waals surface area contributed by atoms with E-state index in [9.17, 15) is 17.1 Å². The molecule has 0 saturated carbocycles. The number of carbonyl (C=O) groups excluding carboxylic acids is 1. The van der Waals surface area contributed by atoms with Gasteiger partial charge >= 0.3 is 10.5 Å².